The summed E-state index contributed by atoms with van der Waals surface area (Å²) in [6, 6.07) is 1.55. The molecule has 1 amide bonds. The smallest absolute Gasteiger partial charge is 0.334 e. The summed E-state index contributed by atoms with van der Waals surface area (Å²) >= 11 is 13.4. The van der Waals surface area contributed by atoms with Crippen LogP contribution in [-0.4, -0.2) is 78.8 Å². The molecule has 220 valence electrons. The summed E-state index contributed by atoms with van der Waals surface area (Å²) in [5.41, 5.74) is -0.695. The van der Waals surface area contributed by atoms with Crippen LogP contribution in [0.4, 0.5) is 0 Å². The quantitative estimate of drug-likeness (QED) is 0.155. The highest BCUT2D eigenvalue weighted by Gasteiger charge is 2.50. The van der Waals surface area contributed by atoms with Crippen LogP contribution in [0.1, 0.15) is 18.4 Å². The summed E-state index contributed by atoms with van der Waals surface area (Å²) in [7, 11) is -3.25. The van der Waals surface area contributed by atoms with Crippen LogP contribution in [0.25, 0.3) is 0 Å². The number of ether oxygens (including phenoxy) is 2. The third-order valence-corrected chi connectivity index (χ3v) is 8.83. The number of amides is 1. The third-order valence-electron chi connectivity index (χ3n) is 5.68. The number of nitrogens with zero attached hydrogens (tertiary/aromatic N) is 1. The van der Waals surface area contributed by atoms with Crippen LogP contribution < -0.4 is 14.8 Å². The number of aliphatic carboxylic acids is 1. The molecule has 0 bridgehead atoms. The lowest BCUT2D eigenvalue weighted by Gasteiger charge is -2.33. The second kappa shape index (κ2) is 13.6. The van der Waals surface area contributed by atoms with Gasteiger partial charge in [0, 0.05) is 13.0 Å². The fraction of sp³-hybridized carbons (Fsp3) is 0.409. The zero-order valence-corrected chi connectivity index (χ0v) is 27.6. The van der Waals surface area contributed by atoms with E-state index in [4.69, 9.17) is 18.9 Å². The van der Waals surface area contributed by atoms with E-state index in [2.05, 4.69) is 74.2 Å². The van der Waals surface area contributed by atoms with Crippen LogP contribution in [0.3, 0.4) is 0 Å². The van der Waals surface area contributed by atoms with Gasteiger partial charge in [0.1, 0.15) is 29.4 Å². The minimum Gasteiger partial charge on any atom is -0.495 e. The van der Waals surface area contributed by atoms with E-state index in [1.165, 1.54) is 7.11 Å². The number of allylic oxidation sites excluding steroid dienone is 1. The number of aliphatic hydroxyl groups is 1. The van der Waals surface area contributed by atoms with Gasteiger partial charge in [-0.2, -0.15) is 13.1 Å². The van der Waals surface area contributed by atoms with Gasteiger partial charge in [-0.15, -0.1) is 0 Å². The summed E-state index contributed by atoms with van der Waals surface area (Å²) in [5, 5.41) is 26.5. The molecule has 13 nitrogen and oxygen atoms in total. The second-order valence-corrected chi connectivity index (χ2v) is 13.2. The molecule has 0 fully saturated rings. The van der Waals surface area contributed by atoms with E-state index in [1.807, 2.05) is 0 Å². The Labute approximate surface area is 262 Å². The first-order valence-corrected chi connectivity index (χ1v) is 15.9. The average Bonchev–Trinajstić information content (AvgIpc) is 3.27. The fourth-order valence-electron chi connectivity index (χ4n) is 3.83. The molecule has 3 rings (SSSR count). The Morgan fingerprint density at radius 1 is 1.25 bits per heavy atom. The number of rotatable bonds is 12. The molecule has 0 saturated heterocycles. The van der Waals surface area contributed by atoms with Crippen LogP contribution in [0, 0.1) is 0 Å². The third kappa shape index (κ3) is 8.05. The predicted octanol–water partition coefficient (Wildman–Crippen LogP) is 2.91. The van der Waals surface area contributed by atoms with Gasteiger partial charge in [0.15, 0.2) is 5.60 Å². The van der Waals surface area contributed by atoms with Crippen molar-refractivity contribution >= 4 is 91.6 Å². The lowest BCUT2D eigenvalue weighted by atomic mass is 9.87. The van der Waals surface area contributed by atoms with Gasteiger partial charge in [0.05, 0.1) is 31.6 Å². The number of aliphatic hydroxyl groups excluding tert-OH is 1. The molecule has 18 heteroatoms. The molecule has 3 atom stereocenters. The molecule has 1 aromatic carbocycles. The summed E-state index contributed by atoms with van der Waals surface area (Å²) in [5.74, 6) is -1.09. The van der Waals surface area contributed by atoms with E-state index in [0.29, 0.717) is 41.4 Å². The Morgan fingerprint density at radius 3 is 2.48 bits per heavy atom. The maximum absolute atomic E-state index is 12.6. The first kappa shape index (κ1) is 33.0. The summed E-state index contributed by atoms with van der Waals surface area (Å²) in [4.78, 5) is 29.4. The van der Waals surface area contributed by atoms with Crippen molar-refractivity contribution < 1.29 is 47.1 Å². The maximum atomic E-state index is 12.6. The molecule has 1 aliphatic carbocycles. The highest BCUT2D eigenvalue weighted by Crippen LogP contribution is 2.44. The molecule has 0 aromatic heterocycles. The number of benzene rings is 1. The van der Waals surface area contributed by atoms with Crippen molar-refractivity contribution in [3.63, 3.8) is 0 Å². The predicted molar refractivity (Wildman–Crippen MR) is 157 cm³/mol. The summed E-state index contributed by atoms with van der Waals surface area (Å²) in [6.07, 6.45) is 0.686. The minimum absolute atomic E-state index is 0.0342. The van der Waals surface area contributed by atoms with Crippen LogP contribution >= 0.6 is 63.7 Å². The largest absolute Gasteiger partial charge is 0.495 e. The normalized spacial score (nSPS) is 21.4. The number of hydrogen-bond acceptors (Lipinski definition) is 9. The van der Waals surface area contributed by atoms with Crippen LogP contribution in [0.5, 0.6) is 5.75 Å². The number of halogens is 4. The Morgan fingerprint density at radius 2 is 1.90 bits per heavy atom. The zero-order chi connectivity index (χ0) is 29.8. The Bertz CT molecular complexity index is 1360. The fourth-order valence-corrected chi connectivity index (χ4v) is 7.68. The van der Waals surface area contributed by atoms with Crippen molar-refractivity contribution in [3.05, 3.63) is 47.4 Å². The van der Waals surface area contributed by atoms with Gasteiger partial charge in [-0.05, 0) is 100 Å². The van der Waals surface area contributed by atoms with Crippen molar-refractivity contribution in [1.29, 1.82) is 0 Å². The number of oxime groups is 1. The number of carbonyl (C=O) groups excluding carboxylic acids is 1. The van der Waals surface area contributed by atoms with E-state index in [1.54, 1.807) is 22.9 Å². The molecule has 0 saturated carbocycles. The monoisotopic (exact) mass is 837 g/mol. The van der Waals surface area contributed by atoms with Crippen LogP contribution in [0.2, 0.25) is 0 Å². The number of carbonyl (C=O) groups is 2. The van der Waals surface area contributed by atoms with Crippen LogP contribution in [0.15, 0.2) is 47.0 Å². The molecular formula is C22H23Br4N3O10S. The van der Waals surface area contributed by atoms with Gasteiger partial charge in [-0.1, -0.05) is 5.16 Å². The Kier molecular flexibility index (Phi) is 11.2. The van der Waals surface area contributed by atoms with Gasteiger partial charge in [-0.3, -0.25) is 14.1 Å². The topological polar surface area (TPSA) is 193 Å². The van der Waals surface area contributed by atoms with Crippen molar-refractivity contribution in [3.8, 4) is 5.75 Å². The molecule has 40 heavy (non-hydrogen) atoms. The zero-order valence-electron chi connectivity index (χ0n) is 20.5. The summed E-state index contributed by atoms with van der Waals surface area (Å²) in [6.45, 7) is 0.455. The van der Waals surface area contributed by atoms with E-state index in [-0.39, 0.29) is 31.7 Å². The number of nitrogens with one attached hydrogen (secondary N) is 2. The lowest BCUT2D eigenvalue weighted by molar-refractivity contribution is -0.139. The molecule has 5 N–H and O–H groups in total. The van der Waals surface area contributed by atoms with Crippen molar-refractivity contribution in [2.24, 2.45) is 5.16 Å². The highest BCUT2D eigenvalue weighted by atomic mass is 79.9. The van der Waals surface area contributed by atoms with Crippen molar-refractivity contribution in [2.45, 2.75) is 37.0 Å². The van der Waals surface area contributed by atoms with Gasteiger partial charge < -0.3 is 29.8 Å². The molecule has 1 aromatic rings. The molecular weight excluding hydrogens is 818 g/mol. The molecule has 1 heterocycles. The highest BCUT2D eigenvalue weighted by molar-refractivity contribution is 9.12. The molecule has 2 aliphatic rings. The first-order chi connectivity index (χ1) is 18.7. The Balaban J connectivity index is 1.50. The van der Waals surface area contributed by atoms with Gasteiger partial charge in [0.25, 0.3) is 5.91 Å². The standard InChI is InChI=1S/C22H23Br4N3O10S/c1-37-18-13(25)8-22(19(30)16(18)26)9-15(28-39-22)20(31)27-3-2-4-38-17-11(23)5-10(6-12(17)24)7-14(21(32)33)29-40(34,35)36/h5-6,8,14,19,29-30H,2-4,7,9H2,1H3,(H,27,31)(H,32,33)(H,34,35,36)/t14?,19?,22-/m0/s1. The number of methoxy groups -OCH3 is 1. The van der Waals surface area contributed by atoms with Gasteiger partial charge >= 0.3 is 16.3 Å². The molecule has 1 aliphatic heterocycles. The van der Waals surface area contributed by atoms with E-state index in [9.17, 15) is 28.2 Å². The Hall–Kier alpha value is -1.54. The van der Waals surface area contributed by atoms with Crippen molar-refractivity contribution in [2.75, 3.05) is 20.3 Å². The number of hydrogen-bond donors (Lipinski definition) is 5. The SMILES string of the molecule is COC1=C(Br)C(O)[C@]2(C=C1Br)CC(C(=O)NCCCOc1c(Br)cc(CC(NS(=O)(=O)O)C(=O)O)cc1Br)=NO2. The van der Waals surface area contributed by atoms with Crippen LogP contribution in [-0.2, 0) is 35.9 Å². The number of carboxylic acid groups (broad SMARTS) is 1. The first-order valence-electron chi connectivity index (χ1n) is 11.3. The molecule has 2 unspecified atom stereocenters. The van der Waals surface area contributed by atoms with Gasteiger partial charge in [0.2, 0.25) is 0 Å². The van der Waals surface area contributed by atoms with E-state index >= 15 is 0 Å². The second-order valence-electron chi connectivity index (χ2n) is 8.57. The molecule has 0 radical (unpaired) electrons. The van der Waals surface area contributed by atoms with E-state index < -0.39 is 39.9 Å². The minimum atomic E-state index is -4.71. The van der Waals surface area contributed by atoms with Crippen molar-refractivity contribution in [1.82, 2.24) is 10.0 Å². The number of carboxylic acids is 1. The maximum Gasteiger partial charge on any atom is 0.334 e. The molecule has 1 spiro atoms. The van der Waals surface area contributed by atoms with Gasteiger partial charge in [-0.25, -0.2) is 0 Å². The average molecular weight is 841 g/mol. The van der Waals surface area contributed by atoms with E-state index in [0.717, 1.165) is 0 Å². The lowest BCUT2D eigenvalue weighted by Crippen LogP contribution is -2.45. The summed E-state index contributed by atoms with van der Waals surface area (Å²) < 4.78 is 45.5.